The maximum Gasteiger partial charge on any atom is 0.320 e. The Bertz CT molecular complexity index is 407. The summed E-state index contributed by atoms with van der Waals surface area (Å²) in [7, 11) is 0. The molecule has 6 N–H and O–H groups in total. The van der Waals surface area contributed by atoms with Crippen molar-refractivity contribution in [1.82, 2.24) is 10.3 Å². The molecular formula is C9H14N4O3S. The molecule has 1 aromatic heterocycles. The molecule has 0 aliphatic rings. The Hall–Kier alpha value is -1.67. The number of nitrogen functional groups attached to an aromatic ring is 1. The molecule has 1 heterocycles. The van der Waals surface area contributed by atoms with E-state index in [1.54, 1.807) is 5.38 Å². The molecule has 8 heteroatoms. The van der Waals surface area contributed by atoms with Gasteiger partial charge in [-0.3, -0.25) is 9.59 Å². The Kier molecular flexibility index (Phi) is 4.85. The molecule has 7 nitrogen and oxygen atoms in total. The SMILES string of the molecule is Nc1nc(C(=O)NCCCC(N)C(=O)O)cs1. The summed E-state index contributed by atoms with van der Waals surface area (Å²) in [5.41, 5.74) is 11.0. The third-order valence-electron chi connectivity index (χ3n) is 2.05. The largest absolute Gasteiger partial charge is 0.480 e. The first-order valence-corrected chi connectivity index (χ1v) is 5.86. The molecule has 1 aromatic rings. The lowest BCUT2D eigenvalue weighted by atomic mass is 10.2. The normalized spacial score (nSPS) is 12.1. The van der Waals surface area contributed by atoms with Crippen LogP contribution in [-0.4, -0.2) is 34.6 Å². The molecule has 0 aromatic carbocycles. The maximum absolute atomic E-state index is 11.5. The van der Waals surface area contributed by atoms with Crippen LogP contribution in [0.2, 0.25) is 0 Å². The second-order valence-electron chi connectivity index (χ2n) is 3.41. The Morgan fingerprint density at radius 1 is 1.59 bits per heavy atom. The molecule has 94 valence electrons. The summed E-state index contributed by atoms with van der Waals surface area (Å²) in [5, 5.41) is 13.0. The highest BCUT2D eigenvalue weighted by atomic mass is 32.1. The third kappa shape index (κ3) is 4.37. The molecule has 0 aliphatic heterocycles. The first-order chi connectivity index (χ1) is 8.00. The van der Waals surface area contributed by atoms with Gasteiger partial charge in [-0.2, -0.15) is 0 Å². The number of thiazole rings is 1. The van der Waals surface area contributed by atoms with Crippen LogP contribution in [0.15, 0.2) is 5.38 Å². The van der Waals surface area contributed by atoms with Crippen molar-refractivity contribution in [1.29, 1.82) is 0 Å². The highest BCUT2D eigenvalue weighted by molar-refractivity contribution is 7.13. The zero-order chi connectivity index (χ0) is 12.8. The second-order valence-corrected chi connectivity index (χ2v) is 4.30. The van der Waals surface area contributed by atoms with Gasteiger partial charge in [-0.25, -0.2) is 4.98 Å². The van der Waals surface area contributed by atoms with E-state index in [2.05, 4.69) is 10.3 Å². The predicted molar refractivity (Wildman–Crippen MR) is 63.7 cm³/mol. The van der Waals surface area contributed by atoms with E-state index < -0.39 is 12.0 Å². The van der Waals surface area contributed by atoms with Crippen molar-refractivity contribution < 1.29 is 14.7 Å². The van der Waals surface area contributed by atoms with Crippen LogP contribution < -0.4 is 16.8 Å². The van der Waals surface area contributed by atoms with Crippen molar-refractivity contribution in [3.05, 3.63) is 11.1 Å². The van der Waals surface area contributed by atoms with Gasteiger partial charge in [0.1, 0.15) is 11.7 Å². The van der Waals surface area contributed by atoms with Crippen molar-refractivity contribution in [3.8, 4) is 0 Å². The molecule has 1 amide bonds. The lowest BCUT2D eigenvalue weighted by Gasteiger charge is -2.06. The minimum absolute atomic E-state index is 0.273. The van der Waals surface area contributed by atoms with E-state index in [0.717, 1.165) is 0 Å². The third-order valence-corrected chi connectivity index (χ3v) is 2.72. The standard InChI is InChI=1S/C9H14N4O3S/c10-5(8(15)16)2-1-3-12-7(14)6-4-17-9(11)13-6/h4-5H,1-3,10H2,(H2,11,13)(H,12,14)(H,15,16). The van der Waals surface area contributed by atoms with Crippen LogP contribution >= 0.6 is 11.3 Å². The molecule has 0 aliphatic carbocycles. The minimum atomic E-state index is -1.04. The van der Waals surface area contributed by atoms with Crippen LogP contribution in [0, 0.1) is 0 Å². The number of rotatable bonds is 6. The van der Waals surface area contributed by atoms with Gasteiger partial charge in [0, 0.05) is 11.9 Å². The van der Waals surface area contributed by atoms with Gasteiger partial charge in [0.15, 0.2) is 5.13 Å². The number of hydrogen-bond acceptors (Lipinski definition) is 6. The van der Waals surface area contributed by atoms with Crippen molar-refractivity contribution in [3.63, 3.8) is 0 Å². The van der Waals surface area contributed by atoms with Crippen molar-refractivity contribution >= 4 is 28.3 Å². The summed E-state index contributed by atoms with van der Waals surface area (Å²) in [4.78, 5) is 25.7. The van der Waals surface area contributed by atoms with Crippen molar-refractivity contribution in [2.24, 2.45) is 5.73 Å². The molecule has 1 atom stereocenters. The Labute approximate surface area is 102 Å². The van der Waals surface area contributed by atoms with Crippen LogP contribution in [-0.2, 0) is 4.79 Å². The molecule has 1 rings (SSSR count). The molecular weight excluding hydrogens is 244 g/mol. The van der Waals surface area contributed by atoms with Crippen LogP contribution in [0.1, 0.15) is 23.3 Å². The van der Waals surface area contributed by atoms with Gasteiger partial charge in [-0.15, -0.1) is 11.3 Å². The summed E-state index contributed by atoms with van der Waals surface area (Å²) in [5.74, 6) is -1.36. The maximum atomic E-state index is 11.5. The predicted octanol–water partition coefficient (Wildman–Crippen LogP) is -0.353. The minimum Gasteiger partial charge on any atom is -0.480 e. The van der Waals surface area contributed by atoms with Gasteiger partial charge in [-0.05, 0) is 12.8 Å². The number of nitrogens with zero attached hydrogens (tertiary/aromatic N) is 1. The van der Waals surface area contributed by atoms with Gasteiger partial charge in [0.25, 0.3) is 5.91 Å². The number of aromatic nitrogens is 1. The fourth-order valence-electron chi connectivity index (χ4n) is 1.13. The molecule has 17 heavy (non-hydrogen) atoms. The molecule has 0 saturated heterocycles. The Morgan fingerprint density at radius 3 is 2.82 bits per heavy atom. The second kappa shape index (κ2) is 6.16. The first kappa shape index (κ1) is 13.4. The lowest BCUT2D eigenvalue weighted by molar-refractivity contribution is -0.138. The molecule has 0 fully saturated rings. The summed E-state index contributed by atoms with van der Waals surface area (Å²) in [6, 6.07) is -0.887. The number of carbonyl (C=O) groups is 2. The van der Waals surface area contributed by atoms with Gasteiger partial charge in [-0.1, -0.05) is 0 Å². The number of anilines is 1. The van der Waals surface area contributed by atoms with Gasteiger partial charge < -0.3 is 21.9 Å². The van der Waals surface area contributed by atoms with E-state index in [1.807, 2.05) is 0 Å². The van der Waals surface area contributed by atoms with Crippen LogP contribution in [0.3, 0.4) is 0 Å². The van der Waals surface area contributed by atoms with Crippen LogP contribution in [0.5, 0.6) is 0 Å². The Morgan fingerprint density at radius 2 is 2.29 bits per heavy atom. The van der Waals surface area contributed by atoms with E-state index in [9.17, 15) is 9.59 Å². The van der Waals surface area contributed by atoms with E-state index in [4.69, 9.17) is 16.6 Å². The topological polar surface area (TPSA) is 131 Å². The molecule has 0 bridgehead atoms. The molecule has 0 saturated carbocycles. The molecule has 0 spiro atoms. The van der Waals surface area contributed by atoms with Crippen LogP contribution in [0.25, 0.3) is 0 Å². The number of carboxylic acid groups (broad SMARTS) is 1. The zero-order valence-corrected chi connectivity index (χ0v) is 9.87. The average Bonchev–Trinajstić information content (AvgIpc) is 2.70. The molecule has 0 radical (unpaired) electrons. The van der Waals surface area contributed by atoms with Crippen molar-refractivity contribution in [2.75, 3.05) is 12.3 Å². The smallest absolute Gasteiger partial charge is 0.320 e. The van der Waals surface area contributed by atoms with Crippen molar-refractivity contribution in [2.45, 2.75) is 18.9 Å². The van der Waals surface area contributed by atoms with Gasteiger partial charge in [0.2, 0.25) is 0 Å². The van der Waals surface area contributed by atoms with Gasteiger partial charge >= 0.3 is 5.97 Å². The number of aliphatic carboxylic acids is 1. The monoisotopic (exact) mass is 258 g/mol. The number of hydrogen-bond donors (Lipinski definition) is 4. The summed E-state index contributed by atoms with van der Waals surface area (Å²) in [6.07, 6.45) is 0.813. The molecule has 1 unspecified atom stereocenters. The fourth-order valence-corrected chi connectivity index (χ4v) is 1.67. The summed E-state index contributed by atoms with van der Waals surface area (Å²) in [6.45, 7) is 0.358. The van der Waals surface area contributed by atoms with Crippen LogP contribution in [0.4, 0.5) is 5.13 Å². The highest BCUT2D eigenvalue weighted by Gasteiger charge is 2.12. The zero-order valence-electron chi connectivity index (χ0n) is 9.05. The highest BCUT2D eigenvalue weighted by Crippen LogP contribution is 2.10. The van der Waals surface area contributed by atoms with Gasteiger partial charge in [0.05, 0.1) is 0 Å². The average molecular weight is 258 g/mol. The van der Waals surface area contributed by atoms with E-state index >= 15 is 0 Å². The van der Waals surface area contributed by atoms with E-state index in [-0.39, 0.29) is 11.6 Å². The number of nitrogens with two attached hydrogens (primary N) is 2. The number of carbonyl (C=O) groups excluding carboxylic acids is 1. The number of carboxylic acids is 1. The quantitative estimate of drug-likeness (QED) is 0.515. The number of amides is 1. The summed E-state index contributed by atoms with van der Waals surface area (Å²) >= 11 is 1.19. The first-order valence-electron chi connectivity index (χ1n) is 4.98. The van der Waals surface area contributed by atoms with E-state index in [0.29, 0.717) is 24.5 Å². The fraction of sp³-hybridized carbons (Fsp3) is 0.444. The van der Waals surface area contributed by atoms with E-state index in [1.165, 1.54) is 11.3 Å². The summed E-state index contributed by atoms with van der Waals surface area (Å²) < 4.78 is 0. The lowest BCUT2D eigenvalue weighted by Crippen LogP contribution is -2.32. The number of nitrogens with one attached hydrogen (secondary N) is 1. The Balaban J connectivity index is 2.23.